The van der Waals surface area contributed by atoms with Crippen LogP contribution in [0.4, 0.5) is 10.1 Å². The van der Waals surface area contributed by atoms with Crippen LogP contribution in [0.3, 0.4) is 0 Å². The van der Waals surface area contributed by atoms with Crippen LogP contribution >= 0.6 is 11.6 Å². The summed E-state index contributed by atoms with van der Waals surface area (Å²) >= 11 is 5.58. The van der Waals surface area contributed by atoms with E-state index >= 15 is 0 Å². The first-order valence-electron chi connectivity index (χ1n) is 6.08. The van der Waals surface area contributed by atoms with Crippen LogP contribution in [-0.4, -0.2) is 10.5 Å². The molecular formula is C14H14ClFN2O2. The molecule has 0 aliphatic carbocycles. The van der Waals surface area contributed by atoms with Crippen molar-refractivity contribution in [1.82, 2.24) is 4.57 Å². The van der Waals surface area contributed by atoms with Gasteiger partial charge in [0.15, 0.2) is 0 Å². The summed E-state index contributed by atoms with van der Waals surface area (Å²) in [6.45, 7) is 2.48. The fraction of sp³-hybridized carbons (Fsp3) is 0.214. The molecule has 0 aliphatic rings. The van der Waals surface area contributed by atoms with E-state index in [1.54, 1.807) is 22.9 Å². The maximum atomic E-state index is 13.3. The quantitative estimate of drug-likeness (QED) is 0.881. The van der Waals surface area contributed by atoms with Crippen molar-refractivity contribution in [1.29, 1.82) is 0 Å². The fourth-order valence-corrected chi connectivity index (χ4v) is 1.94. The minimum atomic E-state index is -0.540. The molecule has 106 valence electrons. The number of nitrogen functional groups attached to an aromatic ring is 1. The van der Waals surface area contributed by atoms with Gasteiger partial charge in [0, 0.05) is 12.7 Å². The van der Waals surface area contributed by atoms with Crippen molar-refractivity contribution in [3.63, 3.8) is 0 Å². The number of hydrogen-bond donors (Lipinski definition) is 1. The Morgan fingerprint density at radius 1 is 1.45 bits per heavy atom. The van der Waals surface area contributed by atoms with Gasteiger partial charge in [0.25, 0.3) is 0 Å². The maximum Gasteiger partial charge on any atom is 0.355 e. The molecule has 0 aliphatic heterocycles. The molecule has 0 saturated carbocycles. The van der Waals surface area contributed by atoms with Crippen LogP contribution in [-0.2, 0) is 17.9 Å². The number of halogens is 2. The van der Waals surface area contributed by atoms with Gasteiger partial charge in [-0.15, -0.1) is 0 Å². The first kappa shape index (κ1) is 14.4. The minimum Gasteiger partial charge on any atom is -0.456 e. The summed E-state index contributed by atoms with van der Waals surface area (Å²) in [4.78, 5) is 11.9. The number of benzene rings is 1. The number of nitrogens with two attached hydrogens (primary N) is 1. The van der Waals surface area contributed by atoms with Gasteiger partial charge in [-0.25, -0.2) is 9.18 Å². The third-order valence-electron chi connectivity index (χ3n) is 2.82. The van der Waals surface area contributed by atoms with Crippen molar-refractivity contribution in [2.75, 3.05) is 5.73 Å². The SMILES string of the molecule is CCn1cc(N)cc1C(=O)OCc1ccc(Cl)c(F)c1. The Balaban J connectivity index is 2.06. The third kappa shape index (κ3) is 3.11. The van der Waals surface area contributed by atoms with Crippen LogP contribution in [0.25, 0.3) is 0 Å². The second kappa shape index (κ2) is 5.96. The first-order chi connectivity index (χ1) is 9.51. The molecule has 0 unspecified atom stereocenters. The summed E-state index contributed by atoms with van der Waals surface area (Å²) < 4.78 is 20.1. The Kier molecular flexibility index (Phi) is 4.29. The molecule has 0 saturated heterocycles. The lowest BCUT2D eigenvalue weighted by atomic mass is 10.2. The largest absolute Gasteiger partial charge is 0.456 e. The fourth-order valence-electron chi connectivity index (χ4n) is 1.82. The van der Waals surface area contributed by atoms with Crippen molar-refractivity contribution in [2.45, 2.75) is 20.1 Å². The number of ether oxygens (including phenoxy) is 1. The number of carbonyl (C=O) groups is 1. The van der Waals surface area contributed by atoms with Crippen molar-refractivity contribution in [2.24, 2.45) is 0 Å². The normalized spacial score (nSPS) is 10.6. The molecule has 6 heteroatoms. The Morgan fingerprint density at radius 2 is 2.20 bits per heavy atom. The number of aryl methyl sites for hydroxylation is 1. The molecule has 1 heterocycles. The molecule has 0 amide bonds. The van der Waals surface area contributed by atoms with Crippen molar-refractivity contribution >= 4 is 23.3 Å². The maximum absolute atomic E-state index is 13.3. The topological polar surface area (TPSA) is 57.2 Å². The Bertz CT molecular complexity index is 640. The van der Waals surface area contributed by atoms with Crippen LogP contribution < -0.4 is 5.73 Å². The summed E-state index contributed by atoms with van der Waals surface area (Å²) in [6.07, 6.45) is 1.67. The van der Waals surface area contributed by atoms with Gasteiger partial charge in [-0.1, -0.05) is 17.7 Å². The van der Waals surface area contributed by atoms with Gasteiger partial charge in [0.2, 0.25) is 0 Å². The Morgan fingerprint density at radius 3 is 2.85 bits per heavy atom. The zero-order valence-electron chi connectivity index (χ0n) is 10.9. The lowest BCUT2D eigenvalue weighted by Crippen LogP contribution is -2.11. The van der Waals surface area contributed by atoms with Gasteiger partial charge < -0.3 is 15.0 Å². The van der Waals surface area contributed by atoms with Crippen LogP contribution in [0.15, 0.2) is 30.5 Å². The number of hydrogen-bond acceptors (Lipinski definition) is 3. The lowest BCUT2D eigenvalue weighted by Gasteiger charge is -2.07. The number of carbonyl (C=O) groups excluding carboxylic acids is 1. The number of esters is 1. The molecular weight excluding hydrogens is 283 g/mol. The van der Waals surface area contributed by atoms with Crippen molar-refractivity contribution in [3.8, 4) is 0 Å². The number of aromatic nitrogens is 1. The van der Waals surface area contributed by atoms with E-state index in [4.69, 9.17) is 22.1 Å². The van der Waals surface area contributed by atoms with Gasteiger partial charge in [0.1, 0.15) is 18.1 Å². The molecule has 2 aromatic rings. The van der Waals surface area contributed by atoms with Gasteiger partial charge >= 0.3 is 5.97 Å². The summed E-state index contributed by atoms with van der Waals surface area (Å²) in [5.41, 5.74) is 7.05. The number of nitrogens with zero attached hydrogens (tertiary/aromatic N) is 1. The van der Waals surface area contributed by atoms with E-state index in [-0.39, 0.29) is 11.6 Å². The molecule has 0 spiro atoms. The average molecular weight is 297 g/mol. The smallest absolute Gasteiger partial charge is 0.355 e. The molecule has 0 atom stereocenters. The standard InChI is InChI=1S/C14H14ClFN2O2/c1-2-18-7-10(17)6-13(18)14(19)20-8-9-3-4-11(15)12(16)5-9/h3-7H,2,8,17H2,1H3. The summed E-state index contributed by atoms with van der Waals surface area (Å²) in [7, 11) is 0. The van der Waals surface area contributed by atoms with Gasteiger partial charge in [-0.2, -0.15) is 0 Å². The van der Waals surface area contributed by atoms with Crippen LogP contribution in [0.5, 0.6) is 0 Å². The lowest BCUT2D eigenvalue weighted by molar-refractivity contribution is 0.0460. The zero-order chi connectivity index (χ0) is 14.7. The second-order valence-corrected chi connectivity index (χ2v) is 4.68. The predicted molar refractivity (Wildman–Crippen MR) is 75.0 cm³/mol. The third-order valence-corrected chi connectivity index (χ3v) is 3.13. The first-order valence-corrected chi connectivity index (χ1v) is 6.45. The van der Waals surface area contributed by atoms with Crippen LogP contribution in [0.1, 0.15) is 23.0 Å². The Labute approximate surface area is 120 Å². The molecule has 1 aromatic heterocycles. The number of rotatable bonds is 4. The zero-order valence-corrected chi connectivity index (χ0v) is 11.7. The van der Waals surface area contributed by atoms with Gasteiger partial charge in [0.05, 0.1) is 10.7 Å². The highest BCUT2D eigenvalue weighted by molar-refractivity contribution is 6.30. The molecule has 0 fully saturated rings. The van der Waals surface area contributed by atoms with E-state index in [1.165, 1.54) is 12.1 Å². The van der Waals surface area contributed by atoms with Crippen LogP contribution in [0.2, 0.25) is 5.02 Å². The van der Waals surface area contributed by atoms with Crippen LogP contribution in [0, 0.1) is 5.82 Å². The van der Waals surface area contributed by atoms with E-state index in [9.17, 15) is 9.18 Å². The van der Waals surface area contributed by atoms with Gasteiger partial charge in [-0.05, 0) is 30.7 Å². The second-order valence-electron chi connectivity index (χ2n) is 4.27. The van der Waals surface area contributed by atoms with Crippen molar-refractivity contribution < 1.29 is 13.9 Å². The van der Waals surface area contributed by atoms with E-state index in [0.29, 0.717) is 23.5 Å². The molecule has 0 radical (unpaired) electrons. The number of anilines is 1. The predicted octanol–water partition coefficient (Wildman–Crippen LogP) is 3.24. The van der Waals surface area contributed by atoms with Crippen molar-refractivity contribution in [3.05, 3.63) is 52.6 Å². The van der Waals surface area contributed by atoms with E-state index in [2.05, 4.69) is 0 Å². The minimum absolute atomic E-state index is 0.0261. The van der Waals surface area contributed by atoms with E-state index < -0.39 is 11.8 Å². The average Bonchev–Trinajstić information content (AvgIpc) is 2.81. The molecule has 2 rings (SSSR count). The highest BCUT2D eigenvalue weighted by atomic mass is 35.5. The monoisotopic (exact) mass is 296 g/mol. The summed E-state index contributed by atoms with van der Waals surface area (Å²) in [6, 6.07) is 5.82. The molecule has 4 nitrogen and oxygen atoms in total. The Hall–Kier alpha value is -2.01. The molecule has 1 aromatic carbocycles. The highest BCUT2D eigenvalue weighted by Gasteiger charge is 2.14. The van der Waals surface area contributed by atoms with E-state index in [1.807, 2.05) is 6.92 Å². The van der Waals surface area contributed by atoms with E-state index in [0.717, 1.165) is 0 Å². The molecule has 0 bridgehead atoms. The molecule has 20 heavy (non-hydrogen) atoms. The summed E-state index contributed by atoms with van der Waals surface area (Å²) in [5.74, 6) is -1.04. The highest BCUT2D eigenvalue weighted by Crippen LogP contribution is 2.17. The molecule has 2 N–H and O–H groups in total. The summed E-state index contributed by atoms with van der Waals surface area (Å²) in [5, 5.41) is 0.0349. The van der Waals surface area contributed by atoms with Gasteiger partial charge in [-0.3, -0.25) is 0 Å².